The number of nitrogens with two attached hydrogens (primary N) is 1. The number of anilines is 2. The third kappa shape index (κ3) is 5.35. The number of hydrogen-bond donors (Lipinski definition) is 2. The minimum absolute atomic E-state index is 0.0169. The summed E-state index contributed by atoms with van der Waals surface area (Å²) in [4.78, 5) is 24.6. The summed E-state index contributed by atoms with van der Waals surface area (Å²) in [5.74, 6) is -4.21. The van der Waals surface area contributed by atoms with E-state index >= 15 is 0 Å². The van der Waals surface area contributed by atoms with Crippen LogP contribution in [0.5, 0.6) is 0 Å². The molecule has 0 atom stereocenters. The number of hydrogen-bond acceptors (Lipinski definition) is 7. The molecule has 1 aromatic carbocycles. The minimum Gasteiger partial charge on any atom is -0.368 e. The second-order valence-corrected chi connectivity index (χ2v) is 9.11. The molecule has 0 fully saturated rings. The van der Waals surface area contributed by atoms with Crippen LogP contribution in [0.3, 0.4) is 0 Å². The van der Waals surface area contributed by atoms with Crippen LogP contribution >= 0.6 is 0 Å². The Morgan fingerprint density at radius 3 is 2.30 bits per heavy atom. The van der Waals surface area contributed by atoms with Crippen LogP contribution in [0.2, 0.25) is 0 Å². The Morgan fingerprint density at radius 2 is 1.76 bits per heavy atom. The van der Waals surface area contributed by atoms with Gasteiger partial charge in [-0.25, -0.2) is 27.2 Å². The van der Waals surface area contributed by atoms with Gasteiger partial charge in [-0.2, -0.15) is 18.2 Å². The number of rotatable bonds is 6. The molecule has 178 valence electrons. The van der Waals surface area contributed by atoms with E-state index in [0.29, 0.717) is 12.1 Å². The number of sulfonamides is 1. The predicted octanol–water partition coefficient (Wildman–Crippen LogP) is 2.99. The van der Waals surface area contributed by atoms with Crippen molar-refractivity contribution in [2.75, 3.05) is 16.2 Å². The lowest BCUT2D eigenvalue weighted by atomic mass is 10.1. The summed E-state index contributed by atoms with van der Waals surface area (Å²) < 4.78 is 93.0. The van der Waals surface area contributed by atoms with E-state index in [4.69, 9.17) is 5.73 Å². The molecule has 0 unspecified atom stereocenters. The molecule has 0 amide bonds. The molecule has 2 heterocycles. The highest BCUT2D eigenvalue weighted by atomic mass is 32.2. The third-order valence-corrected chi connectivity index (χ3v) is 5.66. The Morgan fingerprint density at radius 1 is 1.15 bits per heavy atom. The Balaban J connectivity index is 2.09. The highest BCUT2D eigenvalue weighted by Gasteiger charge is 2.30. The van der Waals surface area contributed by atoms with Crippen LogP contribution in [-0.2, 0) is 10.0 Å². The number of nitrogens with zero attached hydrogens (tertiary/aromatic N) is 4. The van der Waals surface area contributed by atoms with Crippen LogP contribution in [0.25, 0.3) is 22.4 Å². The molecule has 15 heteroatoms. The average molecular weight is 492 g/mol. The van der Waals surface area contributed by atoms with Gasteiger partial charge in [0.25, 0.3) is 5.56 Å². The van der Waals surface area contributed by atoms with Gasteiger partial charge in [-0.05, 0) is 26.0 Å². The lowest BCUT2D eigenvalue weighted by molar-refractivity contribution is -0.129. The van der Waals surface area contributed by atoms with Gasteiger partial charge in [0.1, 0.15) is 22.8 Å². The molecule has 2 aromatic heterocycles. The van der Waals surface area contributed by atoms with Gasteiger partial charge in [0.15, 0.2) is 5.65 Å². The van der Waals surface area contributed by atoms with E-state index in [2.05, 4.69) is 15.0 Å². The standard InChI is InChI=1S/C18H17F5N6O3S/c1-8(2)29-15-12(7-25-17(24)27-15)26-14(16(29)30)13-10(19)5-9(6-11(13)20)28-33(31,32)4-3-18(21,22)23/h5-8,28H,3-4H2,1-2H3,(H2,24,25,27). The molecule has 0 aliphatic heterocycles. The Labute approximate surface area is 183 Å². The van der Waals surface area contributed by atoms with E-state index in [-0.39, 0.29) is 17.1 Å². The largest absolute Gasteiger partial charge is 0.390 e. The van der Waals surface area contributed by atoms with Crippen LogP contribution in [0.4, 0.5) is 33.6 Å². The maximum atomic E-state index is 14.8. The van der Waals surface area contributed by atoms with Crippen molar-refractivity contribution in [3.8, 4) is 11.3 Å². The normalized spacial score (nSPS) is 12.5. The first-order valence-corrected chi connectivity index (χ1v) is 10.9. The van der Waals surface area contributed by atoms with Gasteiger partial charge in [0.05, 0.1) is 29.6 Å². The molecule has 3 N–H and O–H groups in total. The first-order valence-electron chi connectivity index (χ1n) is 9.30. The van der Waals surface area contributed by atoms with Gasteiger partial charge in [0, 0.05) is 6.04 Å². The quantitative estimate of drug-likeness (QED) is 0.506. The molecule has 0 saturated carbocycles. The maximum absolute atomic E-state index is 14.8. The van der Waals surface area contributed by atoms with E-state index in [9.17, 15) is 35.2 Å². The lowest BCUT2D eigenvalue weighted by Crippen LogP contribution is -2.27. The van der Waals surface area contributed by atoms with Crippen molar-refractivity contribution < 1.29 is 30.4 Å². The van der Waals surface area contributed by atoms with Gasteiger partial charge in [-0.3, -0.25) is 14.1 Å². The highest BCUT2D eigenvalue weighted by Crippen LogP contribution is 2.28. The Hall–Kier alpha value is -3.36. The van der Waals surface area contributed by atoms with Gasteiger partial charge in [-0.1, -0.05) is 0 Å². The van der Waals surface area contributed by atoms with E-state index in [1.807, 2.05) is 0 Å². The summed E-state index contributed by atoms with van der Waals surface area (Å²) in [7, 11) is -4.55. The van der Waals surface area contributed by atoms with Crippen LogP contribution < -0.4 is 16.0 Å². The summed E-state index contributed by atoms with van der Waals surface area (Å²) >= 11 is 0. The topological polar surface area (TPSA) is 133 Å². The van der Waals surface area contributed by atoms with E-state index in [0.717, 1.165) is 4.57 Å². The number of alkyl halides is 3. The van der Waals surface area contributed by atoms with Crippen LogP contribution in [0, 0.1) is 11.6 Å². The minimum atomic E-state index is -4.73. The summed E-state index contributed by atoms with van der Waals surface area (Å²) in [6.07, 6.45) is -5.21. The summed E-state index contributed by atoms with van der Waals surface area (Å²) in [5.41, 5.74) is 2.57. The fourth-order valence-electron chi connectivity index (χ4n) is 3.00. The molecule has 0 bridgehead atoms. The van der Waals surface area contributed by atoms with E-state index in [1.165, 1.54) is 6.20 Å². The first-order chi connectivity index (χ1) is 15.2. The molecule has 3 aromatic rings. The van der Waals surface area contributed by atoms with Gasteiger partial charge in [-0.15, -0.1) is 0 Å². The predicted molar refractivity (Wildman–Crippen MR) is 110 cm³/mol. The fourth-order valence-corrected chi connectivity index (χ4v) is 4.07. The number of fused-ring (bicyclic) bond motifs is 1. The van der Waals surface area contributed by atoms with Gasteiger partial charge < -0.3 is 5.73 Å². The lowest BCUT2D eigenvalue weighted by Gasteiger charge is -2.16. The van der Waals surface area contributed by atoms with Crippen molar-refractivity contribution in [2.24, 2.45) is 0 Å². The van der Waals surface area contributed by atoms with Crippen LogP contribution in [0.15, 0.2) is 23.1 Å². The van der Waals surface area contributed by atoms with Crippen molar-refractivity contribution in [2.45, 2.75) is 32.5 Å². The molecule has 0 saturated heterocycles. The highest BCUT2D eigenvalue weighted by molar-refractivity contribution is 7.92. The van der Waals surface area contributed by atoms with Gasteiger partial charge >= 0.3 is 6.18 Å². The van der Waals surface area contributed by atoms with E-state index < -0.39 is 68.6 Å². The van der Waals surface area contributed by atoms with Crippen LogP contribution in [-0.4, -0.2) is 39.9 Å². The summed E-state index contributed by atoms with van der Waals surface area (Å²) in [6.45, 7) is 3.24. The molecule has 0 spiro atoms. The zero-order chi connectivity index (χ0) is 24.7. The Kier molecular flexibility index (Phi) is 6.28. The molecule has 0 aliphatic carbocycles. The zero-order valence-electron chi connectivity index (χ0n) is 17.1. The molecule has 0 radical (unpaired) electrons. The number of benzene rings is 1. The maximum Gasteiger partial charge on any atom is 0.390 e. The SMILES string of the molecule is CC(C)n1c(=O)c(-c2c(F)cc(NS(=O)(=O)CCC(F)(F)F)cc2F)nc2cnc(N)nc21. The number of halogens is 5. The number of nitrogens with one attached hydrogen (secondary N) is 1. The number of nitrogen functional groups attached to an aromatic ring is 1. The van der Waals surface area contributed by atoms with Crippen molar-refractivity contribution >= 4 is 32.8 Å². The molecular formula is C18H17F5N6O3S. The third-order valence-electron chi connectivity index (χ3n) is 4.37. The van der Waals surface area contributed by atoms with Crippen molar-refractivity contribution in [3.05, 3.63) is 40.3 Å². The fraction of sp³-hybridized carbons (Fsp3) is 0.333. The first kappa shape index (κ1) is 24.3. The zero-order valence-corrected chi connectivity index (χ0v) is 17.9. The average Bonchev–Trinajstić information content (AvgIpc) is 2.65. The molecule has 9 nitrogen and oxygen atoms in total. The summed E-state index contributed by atoms with van der Waals surface area (Å²) in [5, 5.41) is 0. The van der Waals surface area contributed by atoms with Gasteiger partial charge in [0.2, 0.25) is 16.0 Å². The molecule has 0 aliphatic rings. The number of aromatic nitrogens is 4. The molecular weight excluding hydrogens is 475 g/mol. The van der Waals surface area contributed by atoms with Crippen molar-refractivity contribution in [3.63, 3.8) is 0 Å². The smallest absolute Gasteiger partial charge is 0.368 e. The molecule has 3 rings (SSSR count). The second-order valence-electron chi connectivity index (χ2n) is 7.27. The second kappa shape index (κ2) is 8.53. The Bertz CT molecular complexity index is 1370. The van der Waals surface area contributed by atoms with Crippen molar-refractivity contribution in [1.29, 1.82) is 0 Å². The summed E-state index contributed by atoms with van der Waals surface area (Å²) in [6, 6.07) is 0.559. The van der Waals surface area contributed by atoms with E-state index in [1.54, 1.807) is 18.6 Å². The monoisotopic (exact) mass is 492 g/mol. The van der Waals surface area contributed by atoms with Crippen LogP contribution in [0.1, 0.15) is 26.3 Å². The van der Waals surface area contributed by atoms with Crippen molar-refractivity contribution in [1.82, 2.24) is 19.5 Å². The molecule has 33 heavy (non-hydrogen) atoms.